The number of nitrogens with zero attached hydrogens (tertiary/aromatic N) is 4. The highest BCUT2D eigenvalue weighted by Gasteiger charge is 2.26. The summed E-state index contributed by atoms with van der Waals surface area (Å²) in [4.78, 5) is 32.3. The largest absolute Gasteiger partial charge is 0.439 e. The van der Waals surface area contributed by atoms with E-state index in [1.165, 1.54) is 0 Å². The van der Waals surface area contributed by atoms with E-state index in [0.717, 1.165) is 56.6 Å². The molecule has 1 aliphatic carbocycles. The van der Waals surface area contributed by atoms with Crippen LogP contribution in [-0.2, 0) is 17.9 Å². The number of carbonyl (C=O) groups excluding carboxylic acids is 1. The van der Waals surface area contributed by atoms with Crippen LogP contribution in [0, 0.1) is 0 Å². The number of aromatic nitrogens is 4. The molecule has 0 radical (unpaired) electrons. The first kappa shape index (κ1) is 21.4. The number of hydrogen-bond acceptors (Lipinski definition) is 7. The van der Waals surface area contributed by atoms with Gasteiger partial charge in [-0.15, -0.1) is 16.4 Å². The van der Waals surface area contributed by atoms with E-state index in [4.69, 9.17) is 9.72 Å². The summed E-state index contributed by atoms with van der Waals surface area (Å²) >= 11 is 1.67. The van der Waals surface area contributed by atoms with Gasteiger partial charge in [0.2, 0.25) is 0 Å². The van der Waals surface area contributed by atoms with Gasteiger partial charge >= 0.3 is 5.97 Å². The number of rotatable bonds is 4. The SMILES string of the molecule is O=C(OCn1nnc2ccccc2c1=O)c1c2c(nc3ccccc13)C(=Cc1cccs1)CCC2. The Morgan fingerprint density at radius 2 is 1.80 bits per heavy atom. The molecule has 35 heavy (non-hydrogen) atoms. The molecule has 0 saturated heterocycles. The number of hydrogen-bond donors (Lipinski definition) is 0. The van der Waals surface area contributed by atoms with Crippen molar-refractivity contribution in [3.63, 3.8) is 0 Å². The standard InChI is InChI=1S/C27H20N4O3S/c32-26-20-10-2-4-13-23(20)29-30-31(26)16-34-27(33)24-19-9-1-3-12-22(19)28-25-17(7-5-11-21(24)25)15-18-8-6-14-35-18/h1-4,6,8-10,12-15H,5,7,11,16H2. The fourth-order valence-electron chi connectivity index (χ4n) is 4.55. The van der Waals surface area contributed by atoms with E-state index in [2.05, 4.69) is 22.5 Å². The van der Waals surface area contributed by atoms with Gasteiger partial charge in [0.05, 0.1) is 22.2 Å². The molecule has 0 bridgehead atoms. The Bertz CT molecular complexity index is 1670. The van der Waals surface area contributed by atoms with Gasteiger partial charge in [-0.25, -0.2) is 9.78 Å². The van der Waals surface area contributed by atoms with E-state index in [1.54, 1.807) is 35.6 Å². The van der Waals surface area contributed by atoms with Crippen LogP contribution < -0.4 is 5.56 Å². The van der Waals surface area contributed by atoms with Crippen molar-refractivity contribution in [1.82, 2.24) is 20.0 Å². The highest BCUT2D eigenvalue weighted by molar-refractivity contribution is 7.10. The van der Waals surface area contributed by atoms with Crippen molar-refractivity contribution < 1.29 is 9.53 Å². The van der Waals surface area contributed by atoms with Gasteiger partial charge in [0.25, 0.3) is 5.56 Å². The fraction of sp³-hybridized carbons (Fsp3) is 0.148. The Morgan fingerprint density at radius 1 is 1.00 bits per heavy atom. The Labute approximate surface area is 204 Å². The van der Waals surface area contributed by atoms with Crippen molar-refractivity contribution >= 4 is 50.8 Å². The molecule has 2 aromatic carbocycles. The Kier molecular flexibility index (Phi) is 5.42. The van der Waals surface area contributed by atoms with Crippen LogP contribution in [-0.4, -0.2) is 25.9 Å². The van der Waals surface area contributed by atoms with Crippen molar-refractivity contribution in [3.05, 3.63) is 98.1 Å². The third-order valence-corrected chi connectivity index (χ3v) is 7.00. The van der Waals surface area contributed by atoms with Crippen LogP contribution in [0.1, 0.15) is 39.3 Å². The number of ether oxygens (including phenoxy) is 1. The molecular formula is C27H20N4O3S. The molecule has 0 N–H and O–H groups in total. The highest BCUT2D eigenvalue weighted by atomic mass is 32.1. The first-order valence-corrected chi connectivity index (χ1v) is 12.2. The quantitative estimate of drug-likeness (QED) is 0.333. The fourth-order valence-corrected chi connectivity index (χ4v) is 5.23. The molecule has 1 aliphatic rings. The lowest BCUT2D eigenvalue weighted by atomic mass is 9.86. The maximum atomic E-state index is 13.5. The number of fused-ring (bicyclic) bond motifs is 3. The molecule has 0 fully saturated rings. The van der Waals surface area contributed by atoms with Gasteiger partial charge in [-0.1, -0.05) is 41.6 Å². The molecule has 0 atom stereocenters. The van der Waals surface area contributed by atoms with Crippen molar-refractivity contribution in [2.24, 2.45) is 0 Å². The molecule has 0 amide bonds. The number of carbonyl (C=O) groups is 1. The molecule has 8 heteroatoms. The summed E-state index contributed by atoms with van der Waals surface area (Å²) in [5.74, 6) is -0.501. The number of pyridine rings is 1. The van der Waals surface area contributed by atoms with Crippen molar-refractivity contribution in [1.29, 1.82) is 0 Å². The zero-order chi connectivity index (χ0) is 23.8. The van der Waals surface area contributed by atoms with Gasteiger partial charge in [-0.3, -0.25) is 4.79 Å². The van der Waals surface area contributed by atoms with E-state index in [0.29, 0.717) is 16.5 Å². The minimum atomic E-state index is -0.501. The van der Waals surface area contributed by atoms with E-state index in [9.17, 15) is 9.59 Å². The number of para-hydroxylation sites is 1. The molecule has 0 spiro atoms. The molecule has 6 rings (SSSR count). The third-order valence-electron chi connectivity index (χ3n) is 6.18. The molecule has 0 saturated carbocycles. The lowest BCUT2D eigenvalue weighted by Crippen LogP contribution is -2.27. The molecule has 7 nitrogen and oxygen atoms in total. The molecular weight excluding hydrogens is 460 g/mol. The predicted molar refractivity (Wildman–Crippen MR) is 136 cm³/mol. The maximum absolute atomic E-state index is 13.5. The van der Waals surface area contributed by atoms with Gasteiger partial charge in [0.15, 0.2) is 6.73 Å². The van der Waals surface area contributed by atoms with Gasteiger partial charge < -0.3 is 4.74 Å². The summed E-state index contributed by atoms with van der Waals surface area (Å²) in [5, 5.41) is 11.2. The molecule has 172 valence electrons. The molecule has 3 heterocycles. The van der Waals surface area contributed by atoms with Crippen LogP contribution in [0.15, 0.2) is 70.8 Å². The van der Waals surface area contributed by atoms with Crippen LogP contribution in [0.4, 0.5) is 0 Å². The summed E-state index contributed by atoms with van der Waals surface area (Å²) in [6, 6.07) is 18.6. The third kappa shape index (κ3) is 3.91. The monoisotopic (exact) mass is 480 g/mol. The summed E-state index contributed by atoms with van der Waals surface area (Å²) in [6.45, 7) is -0.321. The lowest BCUT2D eigenvalue weighted by Gasteiger charge is -2.22. The Morgan fingerprint density at radius 3 is 2.63 bits per heavy atom. The average Bonchev–Trinajstić information content (AvgIpc) is 3.40. The van der Waals surface area contributed by atoms with Crippen LogP contribution in [0.3, 0.4) is 0 Å². The van der Waals surface area contributed by atoms with Crippen molar-refractivity contribution in [3.8, 4) is 0 Å². The topological polar surface area (TPSA) is 87.0 Å². The van der Waals surface area contributed by atoms with Crippen molar-refractivity contribution in [2.75, 3.05) is 0 Å². The number of esters is 1. The van der Waals surface area contributed by atoms with Crippen LogP contribution in [0.5, 0.6) is 0 Å². The van der Waals surface area contributed by atoms with Crippen molar-refractivity contribution in [2.45, 2.75) is 26.0 Å². The van der Waals surface area contributed by atoms with E-state index in [-0.39, 0.29) is 12.3 Å². The lowest BCUT2D eigenvalue weighted by molar-refractivity contribution is 0.0337. The number of benzene rings is 2. The molecule has 3 aromatic heterocycles. The molecule has 0 aliphatic heterocycles. The minimum Gasteiger partial charge on any atom is -0.439 e. The van der Waals surface area contributed by atoms with Gasteiger partial charge in [0.1, 0.15) is 5.52 Å². The average molecular weight is 481 g/mol. The van der Waals surface area contributed by atoms with E-state index >= 15 is 0 Å². The normalized spacial score (nSPS) is 14.3. The summed E-state index contributed by atoms with van der Waals surface area (Å²) in [6.07, 6.45) is 4.70. The first-order chi connectivity index (χ1) is 17.2. The van der Waals surface area contributed by atoms with Gasteiger partial charge in [0, 0.05) is 10.3 Å². The van der Waals surface area contributed by atoms with E-state index < -0.39 is 5.97 Å². The zero-order valence-electron chi connectivity index (χ0n) is 18.7. The van der Waals surface area contributed by atoms with Crippen LogP contribution >= 0.6 is 11.3 Å². The predicted octanol–water partition coefficient (Wildman–Crippen LogP) is 5.09. The van der Waals surface area contributed by atoms with Gasteiger partial charge in [-0.2, -0.15) is 4.68 Å². The summed E-state index contributed by atoms with van der Waals surface area (Å²) in [7, 11) is 0. The number of allylic oxidation sites excluding steroid dienone is 1. The first-order valence-electron chi connectivity index (χ1n) is 11.3. The highest BCUT2D eigenvalue weighted by Crippen LogP contribution is 2.36. The van der Waals surface area contributed by atoms with Crippen LogP contribution in [0.25, 0.3) is 33.5 Å². The zero-order valence-corrected chi connectivity index (χ0v) is 19.5. The molecule has 5 aromatic rings. The van der Waals surface area contributed by atoms with Gasteiger partial charge in [-0.05, 0) is 66.1 Å². The smallest absolute Gasteiger partial charge is 0.340 e. The second kappa shape index (κ2) is 8.88. The minimum absolute atomic E-state index is 0.321. The molecule has 0 unspecified atom stereocenters. The number of thiophene rings is 1. The van der Waals surface area contributed by atoms with E-state index in [1.807, 2.05) is 35.7 Å². The summed E-state index contributed by atoms with van der Waals surface area (Å²) in [5.41, 5.74) is 4.23. The Hall–Kier alpha value is -4.17. The van der Waals surface area contributed by atoms with Crippen LogP contribution in [0.2, 0.25) is 0 Å². The maximum Gasteiger partial charge on any atom is 0.340 e. The Balaban J connectivity index is 1.40. The second-order valence-corrected chi connectivity index (χ2v) is 9.32. The second-order valence-electron chi connectivity index (χ2n) is 8.34. The summed E-state index contributed by atoms with van der Waals surface area (Å²) < 4.78 is 6.70.